The van der Waals surface area contributed by atoms with E-state index in [4.69, 9.17) is 4.74 Å². The van der Waals surface area contributed by atoms with Crippen molar-refractivity contribution in [3.63, 3.8) is 0 Å². The van der Waals surface area contributed by atoms with Gasteiger partial charge in [0.05, 0.1) is 16.9 Å². The number of carbonyl (C=O) groups is 2. The van der Waals surface area contributed by atoms with Gasteiger partial charge in [-0.2, -0.15) is 0 Å². The van der Waals surface area contributed by atoms with Gasteiger partial charge < -0.3 is 29.7 Å². The number of hydrogen-bond donors (Lipinski definition) is 2. The predicted molar refractivity (Wildman–Crippen MR) is 149 cm³/mol. The van der Waals surface area contributed by atoms with E-state index in [-0.39, 0.29) is 35.9 Å². The van der Waals surface area contributed by atoms with Crippen molar-refractivity contribution in [3.05, 3.63) is 63.3 Å². The minimum Gasteiger partial charge on any atom is -0.443 e. The maximum Gasteiger partial charge on any atom is 0.410 e. The molecule has 0 spiro atoms. The van der Waals surface area contributed by atoms with Crippen LogP contribution in [0.4, 0.5) is 29.3 Å². The van der Waals surface area contributed by atoms with Gasteiger partial charge >= 0.3 is 6.09 Å². The second-order valence-corrected chi connectivity index (χ2v) is 11.3. The first-order valence-corrected chi connectivity index (χ1v) is 13.7. The second-order valence-electron chi connectivity index (χ2n) is 11.3. The lowest BCUT2D eigenvalue weighted by Gasteiger charge is -2.39. The molecule has 220 valence electrons. The summed E-state index contributed by atoms with van der Waals surface area (Å²) in [6.45, 7) is 6.12. The van der Waals surface area contributed by atoms with E-state index in [2.05, 4.69) is 15.2 Å². The normalized spacial score (nSPS) is 20.6. The van der Waals surface area contributed by atoms with E-state index in [0.717, 1.165) is 25.5 Å². The average molecular weight is 574 g/mol. The summed E-state index contributed by atoms with van der Waals surface area (Å²) in [4.78, 5) is 45.5. The monoisotopic (exact) mass is 573 g/mol. The van der Waals surface area contributed by atoms with Crippen LogP contribution in [0.15, 0.2) is 35.3 Å². The highest BCUT2D eigenvalue weighted by Crippen LogP contribution is 2.38. The quantitative estimate of drug-likeness (QED) is 0.524. The summed E-state index contributed by atoms with van der Waals surface area (Å²) in [5.74, 6) is -1.40. The van der Waals surface area contributed by atoms with Gasteiger partial charge in [0.25, 0.3) is 12.3 Å². The minimum atomic E-state index is -3.05. The third-order valence-electron chi connectivity index (χ3n) is 8.34. The van der Waals surface area contributed by atoms with Gasteiger partial charge in [0.2, 0.25) is 5.56 Å². The molecule has 0 radical (unpaired) electrons. The highest BCUT2D eigenvalue weighted by Gasteiger charge is 2.38. The summed E-state index contributed by atoms with van der Waals surface area (Å²) < 4.78 is 48.7. The Kier molecular flexibility index (Phi) is 7.87. The molecule has 1 saturated heterocycles. The summed E-state index contributed by atoms with van der Waals surface area (Å²) in [5.41, 5.74) is -0.929. The Morgan fingerprint density at radius 3 is 2.61 bits per heavy atom. The van der Waals surface area contributed by atoms with E-state index >= 15 is 4.39 Å². The van der Waals surface area contributed by atoms with Crippen LogP contribution in [-0.4, -0.2) is 78.2 Å². The van der Waals surface area contributed by atoms with Crippen LogP contribution in [-0.2, 0) is 4.74 Å². The molecule has 1 aromatic heterocycles. The smallest absolute Gasteiger partial charge is 0.410 e. The van der Waals surface area contributed by atoms with Crippen LogP contribution in [0, 0.1) is 5.82 Å². The average Bonchev–Trinajstić information content (AvgIpc) is 3.40. The minimum absolute atomic E-state index is 0.125. The molecular formula is C29H34F3N5O4. The number of carbonyl (C=O) groups excluding carboxylic acids is 2. The Morgan fingerprint density at radius 1 is 1.20 bits per heavy atom. The van der Waals surface area contributed by atoms with Crippen LogP contribution in [0.5, 0.6) is 0 Å². The topological polar surface area (TPSA) is 98.0 Å². The van der Waals surface area contributed by atoms with Crippen LogP contribution in [0.1, 0.15) is 61.0 Å². The zero-order chi connectivity index (χ0) is 29.5. The number of H-pyrrole nitrogens is 1. The lowest BCUT2D eigenvalue weighted by molar-refractivity contribution is -0.0448. The van der Waals surface area contributed by atoms with E-state index in [1.54, 1.807) is 6.08 Å². The molecule has 1 atom stereocenters. The maximum atomic E-state index is 15.7. The number of anilines is 2. The van der Waals surface area contributed by atoms with Crippen LogP contribution in [0.3, 0.4) is 0 Å². The highest BCUT2D eigenvalue weighted by atomic mass is 19.3. The summed E-state index contributed by atoms with van der Waals surface area (Å²) >= 11 is 0. The first-order chi connectivity index (χ1) is 19.4. The first-order valence-electron chi connectivity index (χ1n) is 13.7. The third kappa shape index (κ3) is 5.97. The Hall–Kier alpha value is -3.80. The van der Waals surface area contributed by atoms with Gasteiger partial charge in [0.15, 0.2) is 0 Å². The number of piperazine rings is 1. The molecule has 3 aliphatic rings. The molecule has 0 bridgehead atoms. The molecule has 2 N–H and O–H groups in total. The van der Waals surface area contributed by atoms with E-state index in [1.807, 2.05) is 25.8 Å². The van der Waals surface area contributed by atoms with Crippen LogP contribution >= 0.6 is 0 Å². The van der Waals surface area contributed by atoms with E-state index in [1.165, 1.54) is 17.0 Å². The highest BCUT2D eigenvalue weighted by molar-refractivity contribution is 6.07. The Labute approximate surface area is 235 Å². The van der Waals surface area contributed by atoms with Crippen molar-refractivity contribution in [2.24, 2.45) is 0 Å². The third-order valence-corrected chi connectivity index (χ3v) is 8.34. The predicted octanol–water partition coefficient (Wildman–Crippen LogP) is 4.62. The number of likely N-dealkylation sites (N-methyl/N-ethyl adjacent to an activating group) is 1. The Balaban J connectivity index is 1.45. The molecule has 1 aliphatic carbocycles. The van der Waals surface area contributed by atoms with Crippen LogP contribution in [0.2, 0.25) is 0 Å². The summed E-state index contributed by atoms with van der Waals surface area (Å²) in [6, 6.07) is 3.66. The lowest BCUT2D eigenvalue weighted by Crippen LogP contribution is -2.50. The molecule has 0 unspecified atom stereocenters. The second kappa shape index (κ2) is 11.2. The fourth-order valence-corrected chi connectivity index (χ4v) is 5.43. The molecule has 12 heteroatoms. The van der Waals surface area contributed by atoms with Gasteiger partial charge in [0.1, 0.15) is 11.4 Å². The van der Waals surface area contributed by atoms with Crippen molar-refractivity contribution in [1.82, 2.24) is 14.8 Å². The zero-order valence-corrected chi connectivity index (χ0v) is 23.3. The number of halogens is 3. The van der Waals surface area contributed by atoms with Crippen LogP contribution < -0.4 is 15.8 Å². The van der Waals surface area contributed by atoms with Gasteiger partial charge in [-0.3, -0.25) is 9.59 Å². The summed E-state index contributed by atoms with van der Waals surface area (Å²) in [6.07, 6.45) is 1.79. The van der Waals surface area contributed by atoms with Crippen molar-refractivity contribution >= 4 is 28.9 Å². The molecule has 2 fully saturated rings. The number of alkyl halides is 2. The largest absolute Gasteiger partial charge is 0.443 e. The molecule has 2 aliphatic heterocycles. The fourth-order valence-electron chi connectivity index (χ4n) is 5.43. The van der Waals surface area contributed by atoms with Crippen molar-refractivity contribution in [2.45, 2.75) is 51.2 Å². The molecular weight excluding hydrogens is 539 g/mol. The van der Waals surface area contributed by atoms with Gasteiger partial charge in [0, 0.05) is 62.2 Å². The van der Waals surface area contributed by atoms with E-state index in [0.29, 0.717) is 37.0 Å². The van der Waals surface area contributed by atoms with Gasteiger partial charge in [-0.1, -0.05) is 6.08 Å². The molecule has 1 aromatic carbocycles. The van der Waals surface area contributed by atoms with E-state index in [9.17, 15) is 23.2 Å². The first kappa shape index (κ1) is 28.7. The molecule has 41 heavy (non-hydrogen) atoms. The van der Waals surface area contributed by atoms with E-state index < -0.39 is 41.0 Å². The van der Waals surface area contributed by atoms with Gasteiger partial charge in [-0.05, 0) is 57.9 Å². The number of aromatic amines is 1. The van der Waals surface area contributed by atoms with Crippen molar-refractivity contribution in [1.29, 1.82) is 0 Å². The zero-order valence-electron chi connectivity index (χ0n) is 23.3. The number of rotatable bonds is 6. The number of hydrogen-bond acceptors (Lipinski definition) is 6. The number of ether oxygens (including phenoxy) is 1. The standard InChI is InChI=1S/C29H34F3N5O4/c1-17-15-36(10-9-35(17)3)24-13-22(30)19(18-5-8-37(16-18)28(40)41-29(2)6-4-7-29)11-23(24)34-27(39)21-14-33-25(38)12-20(21)26(31)32/h5,11-14,17,26H,4,6-10,15-16H2,1-3H3,(H,33,38)(H,34,39)/t17-/m0/s1. The number of aromatic nitrogens is 1. The molecule has 2 aromatic rings. The number of amides is 2. The van der Waals surface area contributed by atoms with Crippen LogP contribution in [0.25, 0.3) is 5.57 Å². The fraction of sp³-hybridized carbons (Fsp3) is 0.483. The number of nitrogens with one attached hydrogen (secondary N) is 2. The van der Waals surface area contributed by atoms with Crippen molar-refractivity contribution in [2.75, 3.05) is 50.0 Å². The Bertz CT molecular complexity index is 1440. The molecule has 9 nitrogen and oxygen atoms in total. The Morgan fingerprint density at radius 2 is 1.95 bits per heavy atom. The molecule has 1 saturated carbocycles. The summed E-state index contributed by atoms with van der Waals surface area (Å²) in [5, 5.41) is 2.69. The van der Waals surface area contributed by atoms with Gasteiger partial charge in [-0.15, -0.1) is 0 Å². The SMILES string of the molecule is C[C@H]1CN(c2cc(F)c(C3=CCN(C(=O)OC4(C)CCC4)C3)cc2NC(=O)c2c[nH]c(=O)cc2C(F)F)CCN1C. The lowest BCUT2D eigenvalue weighted by atomic mass is 9.82. The van der Waals surface area contributed by atoms with Crippen molar-refractivity contribution < 1.29 is 27.5 Å². The molecule has 5 rings (SSSR count). The summed E-state index contributed by atoms with van der Waals surface area (Å²) in [7, 11) is 1.99. The maximum absolute atomic E-state index is 15.7. The molecule has 3 heterocycles. The number of pyridine rings is 1. The van der Waals surface area contributed by atoms with Gasteiger partial charge in [-0.25, -0.2) is 18.0 Å². The molecule has 2 amide bonds. The van der Waals surface area contributed by atoms with Crippen molar-refractivity contribution in [3.8, 4) is 0 Å². The number of benzene rings is 1. The number of nitrogens with zero attached hydrogens (tertiary/aromatic N) is 3.